The zero-order chi connectivity index (χ0) is 18.6. The van der Waals surface area contributed by atoms with E-state index in [2.05, 4.69) is 48.6 Å². The van der Waals surface area contributed by atoms with Crippen LogP contribution in [-0.2, 0) is 19.4 Å². The van der Waals surface area contributed by atoms with Crippen LogP contribution in [0.25, 0.3) is 0 Å². The van der Waals surface area contributed by atoms with Crippen LogP contribution in [-0.4, -0.2) is 56.6 Å². The van der Waals surface area contributed by atoms with Gasteiger partial charge in [-0.3, -0.25) is 4.99 Å². The van der Waals surface area contributed by atoms with Gasteiger partial charge in [-0.1, -0.05) is 6.92 Å². The maximum atomic E-state index is 4.80. The Hall–Kier alpha value is -2.31. The smallest absolute Gasteiger partial charge is 0.193 e. The molecule has 2 aromatic rings. The van der Waals surface area contributed by atoms with E-state index < -0.39 is 0 Å². The summed E-state index contributed by atoms with van der Waals surface area (Å²) in [6.45, 7) is 6.34. The summed E-state index contributed by atoms with van der Waals surface area (Å²) >= 11 is 0. The van der Waals surface area contributed by atoms with Gasteiger partial charge in [0.25, 0.3) is 0 Å². The maximum absolute atomic E-state index is 4.80. The summed E-state index contributed by atoms with van der Waals surface area (Å²) in [5.41, 5.74) is 1.19. The summed E-state index contributed by atoms with van der Waals surface area (Å²) in [4.78, 5) is 15.9. The number of nitrogens with zero attached hydrogens (tertiary/aromatic N) is 6. The van der Waals surface area contributed by atoms with E-state index in [1.54, 1.807) is 0 Å². The van der Waals surface area contributed by atoms with Crippen molar-refractivity contribution in [2.75, 3.05) is 26.7 Å². The largest absolute Gasteiger partial charge is 0.356 e. The molecule has 0 aliphatic carbocycles. The Morgan fingerprint density at radius 3 is 3.04 bits per heavy atom. The fourth-order valence-corrected chi connectivity index (χ4v) is 4.32. The van der Waals surface area contributed by atoms with Crippen LogP contribution in [0.1, 0.15) is 43.7 Å². The summed E-state index contributed by atoms with van der Waals surface area (Å²) in [6.07, 6.45) is 13.9. The van der Waals surface area contributed by atoms with Crippen molar-refractivity contribution in [3.8, 4) is 0 Å². The Balaban J connectivity index is 1.33. The molecule has 2 aliphatic rings. The van der Waals surface area contributed by atoms with Crippen LogP contribution in [0, 0.1) is 5.92 Å². The van der Waals surface area contributed by atoms with Crippen LogP contribution in [0.5, 0.6) is 0 Å². The number of aryl methyl sites for hydroxylation is 2. The molecular weight excluding hydrogens is 338 g/mol. The lowest BCUT2D eigenvalue weighted by molar-refractivity contribution is 0.189. The van der Waals surface area contributed by atoms with Crippen LogP contribution in [0.2, 0.25) is 0 Å². The van der Waals surface area contributed by atoms with Gasteiger partial charge in [0.1, 0.15) is 5.82 Å². The first-order valence-electron chi connectivity index (χ1n) is 10.2. The molecule has 0 spiro atoms. The Bertz CT molecular complexity index is 738. The molecule has 1 N–H and O–H groups in total. The highest BCUT2D eigenvalue weighted by molar-refractivity contribution is 5.80. The molecule has 0 amide bonds. The quantitative estimate of drug-likeness (QED) is 0.662. The lowest BCUT2D eigenvalue weighted by Crippen LogP contribution is -2.49. The predicted molar refractivity (Wildman–Crippen MR) is 107 cm³/mol. The maximum Gasteiger partial charge on any atom is 0.193 e. The fraction of sp³-hybridized carbons (Fsp3) is 0.650. The minimum atomic E-state index is 0.444. The van der Waals surface area contributed by atoms with Crippen LogP contribution in [0.3, 0.4) is 0 Å². The third-order valence-corrected chi connectivity index (χ3v) is 5.96. The van der Waals surface area contributed by atoms with Crippen molar-refractivity contribution in [2.45, 2.75) is 51.6 Å². The van der Waals surface area contributed by atoms with Crippen LogP contribution in [0.4, 0.5) is 0 Å². The van der Waals surface area contributed by atoms with E-state index >= 15 is 0 Å². The average Bonchev–Trinajstić information content (AvgIpc) is 3.35. The Morgan fingerprint density at radius 2 is 2.26 bits per heavy atom. The topological polar surface area (TPSA) is 63.3 Å². The number of hydrogen-bond acceptors (Lipinski definition) is 3. The van der Waals surface area contributed by atoms with E-state index in [0.29, 0.717) is 12.0 Å². The summed E-state index contributed by atoms with van der Waals surface area (Å²) in [5.74, 6) is 2.90. The zero-order valence-corrected chi connectivity index (χ0v) is 16.5. The van der Waals surface area contributed by atoms with Crippen molar-refractivity contribution in [2.24, 2.45) is 10.9 Å². The van der Waals surface area contributed by atoms with E-state index in [1.165, 1.54) is 24.4 Å². The molecule has 0 saturated carbocycles. The number of nitrogens with one attached hydrogen (secondary N) is 1. The van der Waals surface area contributed by atoms with Gasteiger partial charge < -0.3 is 19.4 Å². The van der Waals surface area contributed by atoms with Crippen molar-refractivity contribution < 1.29 is 0 Å². The van der Waals surface area contributed by atoms with E-state index in [-0.39, 0.29) is 0 Å². The molecule has 0 radical (unpaired) electrons. The molecule has 146 valence electrons. The van der Waals surface area contributed by atoms with Crippen LogP contribution >= 0.6 is 0 Å². The molecule has 7 nitrogen and oxygen atoms in total. The highest BCUT2D eigenvalue weighted by atomic mass is 15.3. The summed E-state index contributed by atoms with van der Waals surface area (Å²) < 4.78 is 4.56. The van der Waals surface area contributed by atoms with Gasteiger partial charge in [-0.25, -0.2) is 9.97 Å². The molecule has 0 bridgehead atoms. The van der Waals surface area contributed by atoms with Crippen molar-refractivity contribution in [1.29, 1.82) is 0 Å². The molecule has 27 heavy (non-hydrogen) atoms. The highest BCUT2D eigenvalue weighted by Crippen LogP contribution is 2.27. The van der Waals surface area contributed by atoms with Gasteiger partial charge in [0.05, 0.1) is 18.1 Å². The van der Waals surface area contributed by atoms with Gasteiger partial charge >= 0.3 is 0 Å². The molecule has 4 heterocycles. The van der Waals surface area contributed by atoms with Gasteiger partial charge in [0.15, 0.2) is 5.96 Å². The third kappa shape index (κ3) is 4.01. The number of piperidine rings is 1. The Morgan fingerprint density at radius 1 is 1.33 bits per heavy atom. The monoisotopic (exact) mass is 369 g/mol. The molecule has 1 fully saturated rings. The third-order valence-electron chi connectivity index (χ3n) is 5.96. The SMILES string of the molecule is CN=C(NCCc1cn2c(n1)CCCC2)N1CCC(C)C(n2ccnc2)C1. The molecule has 0 aromatic carbocycles. The van der Waals surface area contributed by atoms with Gasteiger partial charge in [-0.15, -0.1) is 0 Å². The zero-order valence-electron chi connectivity index (χ0n) is 16.5. The van der Waals surface area contributed by atoms with Crippen molar-refractivity contribution in [3.63, 3.8) is 0 Å². The van der Waals surface area contributed by atoms with Gasteiger partial charge in [0.2, 0.25) is 0 Å². The minimum Gasteiger partial charge on any atom is -0.356 e. The van der Waals surface area contributed by atoms with Gasteiger partial charge in [-0.2, -0.15) is 0 Å². The molecule has 7 heteroatoms. The fourth-order valence-electron chi connectivity index (χ4n) is 4.32. The minimum absolute atomic E-state index is 0.444. The van der Waals surface area contributed by atoms with Crippen molar-refractivity contribution in [1.82, 2.24) is 29.3 Å². The molecule has 2 aliphatic heterocycles. The normalized spacial score (nSPS) is 23.3. The molecule has 2 atom stereocenters. The van der Waals surface area contributed by atoms with Crippen LogP contribution in [0.15, 0.2) is 29.9 Å². The summed E-state index contributed by atoms with van der Waals surface area (Å²) in [6, 6.07) is 0.444. The number of hydrogen-bond donors (Lipinski definition) is 1. The van der Waals surface area contributed by atoms with E-state index in [1.807, 2.05) is 19.6 Å². The highest BCUT2D eigenvalue weighted by Gasteiger charge is 2.28. The number of likely N-dealkylation sites (tertiary alicyclic amines) is 1. The number of fused-ring (bicyclic) bond motifs is 1. The Labute approximate surface area is 161 Å². The number of aromatic nitrogens is 4. The second-order valence-corrected chi connectivity index (χ2v) is 7.81. The van der Waals surface area contributed by atoms with Crippen molar-refractivity contribution in [3.05, 3.63) is 36.4 Å². The average molecular weight is 370 g/mol. The van der Waals surface area contributed by atoms with E-state index in [4.69, 9.17) is 4.98 Å². The lowest BCUT2D eigenvalue weighted by atomic mass is 9.93. The van der Waals surface area contributed by atoms with E-state index in [0.717, 1.165) is 51.4 Å². The standard InChI is InChI=1S/C20H31N7/c1-16-7-11-26(14-18(16)27-12-9-22-15-27)20(21-2)23-8-6-17-13-25-10-4-3-5-19(25)24-17/h9,12-13,15-16,18H,3-8,10-11,14H2,1-2H3,(H,21,23). The lowest BCUT2D eigenvalue weighted by Gasteiger charge is -2.39. The second-order valence-electron chi connectivity index (χ2n) is 7.81. The number of rotatable bonds is 4. The first kappa shape index (κ1) is 18.1. The second kappa shape index (κ2) is 8.15. The van der Waals surface area contributed by atoms with Gasteiger partial charge in [0, 0.05) is 64.7 Å². The number of aliphatic imine (C=N–C) groups is 1. The summed E-state index contributed by atoms with van der Waals surface area (Å²) in [7, 11) is 1.88. The molecule has 1 saturated heterocycles. The van der Waals surface area contributed by atoms with Crippen molar-refractivity contribution >= 4 is 5.96 Å². The molecular formula is C20H31N7. The molecule has 2 aromatic heterocycles. The van der Waals surface area contributed by atoms with Gasteiger partial charge in [-0.05, 0) is 25.2 Å². The summed E-state index contributed by atoms with van der Waals surface area (Å²) in [5, 5.41) is 3.55. The van der Waals surface area contributed by atoms with Crippen LogP contribution < -0.4 is 5.32 Å². The molecule has 4 rings (SSSR count). The number of guanidine groups is 1. The first-order valence-corrected chi connectivity index (χ1v) is 10.2. The number of imidazole rings is 2. The molecule has 2 unspecified atom stereocenters. The first-order chi connectivity index (χ1) is 13.2. The van der Waals surface area contributed by atoms with E-state index in [9.17, 15) is 0 Å². The Kier molecular flexibility index (Phi) is 5.45. The predicted octanol–water partition coefficient (Wildman–Crippen LogP) is 2.12.